The van der Waals surface area contributed by atoms with Crippen LogP contribution in [0.4, 0.5) is 0 Å². The molecule has 0 spiro atoms. The zero-order valence-corrected chi connectivity index (χ0v) is 11.0. The highest BCUT2D eigenvalue weighted by atomic mass is 35.5. The van der Waals surface area contributed by atoms with E-state index in [2.05, 4.69) is 41.5 Å². The molecule has 0 unspecified atom stereocenters. The quantitative estimate of drug-likeness (QED) is 0.648. The molecule has 0 aliphatic carbocycles. The van der Waals surface area contributed by atoms with Gasteiger partial charge in [-0.05, 0) is 35.3 Å². The highest BCUT2D eigenvalue weighted by Crippen LogP contribution is 2.33. The molecule has 0 aromatic heterocycles. The number of rotatable bonds is 3. The standard InChI is InChI=1S/C12H23ClO/c1-11(2,3)7-9(10(13)14)8-12(4,5)6/h9H,7-8H2,1-6H3. The molecular weight excluding hydrogens is 196 g/mol. The molecule has 0 amide bonds. The van der Waals surface area contributed by atoms with E-state index in [1.54, 1.807) is 0 Å². The van der Waals surface area contributed by atoms with Crippen LogP contribution >= 0.6 is 11.6 Å². The van der Waals surface area contributed by atoms with Gasteiger partial charge >= 0.3 is 0 Å². The summed E-state index contributed by atoms with van der Waals surface area (Å²) in [4.78, 5) is 11.3. The Morgan fingerprint density at radius 2 is 1.29 bits per heavy atom. The Morgan fingerprint density at radius 1 is 1.00 bits per heavy atom. The SMILES string of the molecule is CC(C)(C)CC(CC(C)(C)C)C(=O)Cl. The van der Waals surface area contributed by atoms with Gasteiger partial charge in [0.05, 0.1) is 0 Å². The lowest BCUT2D eigenvalue weighted by molar-refractivity contribution is -0.116. The summed E-state index contributed by atoms with van der Waals surface area (Å²) in [5.41, 5.74) is 0.334. The highest BCUT2D eigenvalue weighted by molar-refractivity contribution is 6.63. The van der Waals surface area contributed by atoms with Crippen molar-refractivity contribution in [3.63, 3.8) is 0 Å². The van der Waals surface area contributed by atoms with Crippen LogP contribution in [-0.2, 0) is 4.79 Å². The van der Waals surface area contributed by atoms with Gasteiger partial charge in [-0.25, -0.2) is 0 Å². The average Bonchev–Trinajstić information content (AvgIpc) is 1.78. The van der Waals surface area contributed by atoms with Gasteiger partial charge in [0.1, 0.15) is 0 Å². The maximum absolute atomic E-state index is 11.3. The molecule has 1 nitrogen and oxygen atoms in total. The van der Waals surface area contributed by atoms with E-state index in [1.807, 2.05) is 0 Å². The number of carbonyl (C=O) groups is 1. The molecule has 0 aliphatic rings. The summed E-state index contributed by atoms with van der Waals surface area (Å²) in [6.45, 7) is 12.8. The maximum atomic E-state index is 11.3. The first kappa shape index (κ1) is 14.0. The average molecular weight is 219 g/mol. The molecule has 0 aliphatic heterocycles. The van der Waals surface area contributed by atoms with Crippen LogP contribution in [0.3, 0.4) is 0 Å². The summed E-state index contributed by atoms with van der Waals surface area (Å²) < 4.78 is 0. The van der Waals surface area contributed by atoms with E-state index >= 15 is 0 Å². The van der Waals surface area contributed by atoms with Crippen LogP contribution in [0, 0.1) is 16.7 Å². The molecule has 0 saturated heterocycles. The number of halogens is 1. The smallest absolute Gasteiger partial charge is 0.224 e. The number of hydrogen-bond donors (Lipinski definition) is 0. The minimum atomic E-state index is -0.185. The van der Waals surface area contributed by atoms with Crippen molar-refractivity contribution in [2.24, 2.45) is 16.7 Å². The molecule has 0 aromatic carbocycles. The van der Waals surface area contributed by atoms with Crippen molar-refractivity contribution in [1.29, 1.82) is 0 Å². The van der Waals surface area contributed by atoms with E-state index in [1.165, 1.54) is 0 Å². The molecule has 2 heteroatoms. The summed E-state index contributed by atoms with van der Waals surface area (Å²) in [6.07, 6.45) is 1.74. The molecule has 84 valence electrons. The van der Waals surface area contributed by atoms with E-state index in [-0.39, 0.29) is 22.0 Å². The van der Waals surface area contributed by atoms with E-state index < -0.39 is 0 Å². The lowest BCUT2D eigenvalue weighted by Crippen LogP contribution is -2.23. The first-order chi connectivity index (χ1) is 6.01. The second kappa shape index (κ2) is 4.65. The third-order valence-electron chi connectivity index (χ3n) is 2.04. The Hall–Kier alpha value is -0.0400. The van der Waals surface area contributed by atoms with Gasteiger partial charge in [-0.1, -0.05) is 41.5 Å². The van der Waals surface area contributed by atoms with Gasteiger partial charge in [-0.3, -0.25) is 4.79 Å². The maximum Gasteiger partial charge on any atom is 0.224 e. The van der Waals surface area contributed by atoms with Crippen molar-refractivity contribution in [1.82, 2.24) is 0 Å². The minimum absolute atomic E-state index is 0.00309. The molecule has 0 fully saturated rings. The largest absolute Gasteiger partial charge is 0.281 e. The third-order valence-corrected chi connectivity index (χ3v) is 2.35. The van der Waals surface area contributed by atoms with Crippen LogP contribution in [0.1, 0.15) is 54.4 Å². The summed E-state index contributed by atoms with van der Waals surface area (Å²) in [7, 11) is 0. The molecule has 0 heterocycles. The molecule has 0 bridgehead atoms. The summed E-state index contributed by atoms with van der Waals surface area (Å²) in [5, 5.41) is -0.185. The highest BCUT2D eigenvalue weighted by Gasteiger charge is 2.27. The Morgan fingerprint density at radius 3 is 1.43 bits per heavy atom. The second-order valence-electron chi connectivity index (χ2n) is 6.53. The summed E-state index contributed by atoms with van der Waals surface area (Å²) in [6, 6.07) is 0. The van der Waals surface area contributed by atoms with E-state index in [0.717, 1.165) is 12.8 Å². The first-order valence-electron chi connectivity index (χ1n) is 5.21. The van der Waals surface area contributed by atoms with Gasteiger partial charge in [0.25, 0.3) is 0 Å². The van der Waals surface area contributed by atoms with Gasteiger partial charge in [-0.2, -0.15) is 0 Å². The predicted octanol–water partition coefficient (Wildman–Crippen LogP) is 4.24. The molecule has 0 rings (SSSR count). The fourth-order valence-corrected chi connectivity index (χ4v) is 1.87. The van der Waals surface area contributed by atoms with Crippen molar-refractivity contribution in [2.45, 2.75) is 54.4 Å². The predicted molar refractivity (Wildman–Crippen MR) is 62.5 cm³/mol. The molecule has 0 N–H and O–H groups in total. The zero-order chi connectivity index (χ0) is 11.6. The topological polar surface area (TPSA) is 17.1 Å². The van der Waals surface area contributed by atoms with Crippen LogP contribution < -0.4 is 0 Å². The second-order valence-corrected chi connectivity index (χ2v) is 6.90. The zero-order valence-electron chi connectivity index (χ0n) is 10.3. The van der Waals surface area contributed by atoms with Gasteiger partial charge in [0.15, 0.2) is 0 Å². The van der Waals surface area contributed by atoms with Gasteiger partial charge in [0.2, 0.25) is 5.24 Å². The van der Waals surface area contributed by atoms with Crippen molar-refractivity contribution in [3.05, 3.63) is 0 Å². The van der Waals surface area contributed by atoms with Crippen molar-refractivity contribution in [3.8, 4) is 0 Å². The van der Waals surface area contributed by atoms with Crippen molar-refractivity contribution in [2.75, 3.05) is 0 Å². The number of hydrogen-bond acceptors (Lipinski definition) is 1. The van der Waals surface area contributed by atoms with Gasteiger partial charge in [0, 0.05) is 5.92 Å². The molecule has 0 radical (unpaired) electrons. The van der Waals surface area contributed by atoms with E-state index in [4.69, 9.17) is 11.6 Å². The Bertz CT molecular complexity index is 179. The van der Waals surface area contributed by atoms with Crippen LogP contribution in [0.2, 0.25) is 0 Å². The molecule has 0 atom stereocenters. The van der Waals surface area contributed by atoms with Crippen LogP contribution in [0.15, 0.2) is 0 Å². The van der Waals surface area contributed by atoms with Gasteiger partial charge < -0.3 is 0 Å². The third kappa shape index (κ3) is 7.37. The Kier molecular flexibility index (Phi) is 4.64. The fourth-order valence-electron chi connectivity index (χ4n) is 1.71. The first-order valence-corrected chi connectivity index (χ1v) is 5.58. The van der Waals surface area contributed by atoms with Crippen LogP contribution in [0.25, 0.3) is 0 Å². The lowest BCUT2D eigenvalue weighted by atomic mass is 9.77. The Labute approximate surface area is 93.2 Å². The number of carbonyl (C=O) groups excluding carboxylic acids is 1. The minimum Gasteiger partial charge on any atom is -0.281 e. The van der Waals surface area contributed by atoms with E-state index in [9.17, 15) is 4.79 Å². The van der Waals surface area contributed by atoms with Crippen LogP contribution in [-0.4, -0.2) is 5.24 Å². The lowest BCUT2D eigenvalue weighted by Gasteiger charge is -2.28. The monoisotopic (exact) mass is 218 g/mol. The van der Waals surface area contributed by atoms with Crippen molar-refractivity contribution >= 4 is 16.8 Å². The fraction of sp³-hybridized carbons (Fsp3) is 0.917. The summed E-state index contributed by atoms with van der Waals surface area (Å²) in [5.74, 6) is -0.00309. The Balaban J connectivity index is 4.40. The summed E-state index contributed by atoms with van der Waals surface area (Å²) >= 11 is 5.62. The van der Waals surface area contributed by atoms with Gasteiger partial charge in [-0.15, -0.1) is 0 Å². The van der Waals surface area contributed by atoms with E-state index in [0.29, 0.717) is 0 Å². The molecule has 0 aromatic rings. The normalized spacial score (nSPS) is 13.4. The molecule has 14 heavy (non-hydrogen) atoms. The molecular formula is C12H23ClO. The van der Waals surface area contributed by atoms with Crippen molar-refractivity contribution < 1.29 is 4.79 Å². The molecule has 0 saturated carbocycles. The van der Waals surface area contributed by atoms with Crippen LogP contribution in [0.5, 0.6) is 0 Å².